The van der Waals surface area contributed by atoms with E-state index in [0.29, 0.717) is 21.6 Å². The summed E-state index contributed by atoms with van der Waals surface area (Å²) >= 11 is 6.09. The third-order valence-corrected chi connectivity index (χ3v) is 6.23. The van der Waals surface area contributed by atoms with E-state index in [1.54, 1.807) is 24.3 Å². The standard InChI is InChI=1S/C25H29BClNO6/c1-24(2)25(3,4)34-26(33-24)20(12-18-10-11-21(27)13-19(18)14-22(29)30)15-28-23(31)32-16-17-8-6-5-7-9-17/h5-13H,14-16H2,1-4H3,(H,28,31)(H,29,30). The molecule has 9 heteroatoms. The first kappa shape index (κ1) is 25.8. The fourth-order valence-electron chi connectivity index (χ4n) is 3.38. The molecule has 2 aromatic carbocycles. The highest BCUT2D eigenvalue weighted by atomic mass is 35.5. The molecule has 1 aliphatic heterocycles. The van der Waals surface area contributed by atoms with Crippen LogP contribution in [-0.2, 0) is 31.9 Å². The molecule has 34 heavy (non-hydrogen) atoms. The van der Waals surface area contributed by atoms with Crippen LogP contribution in [0.25, 0.3) is 6.08 Å². The highest BCUT2D eigenvalue weighted by Gasteiger charge is 2.52. The zero-order chi connectivity index (χ0) is 24.9. The molecule has 0 atom stereocenters. The molecular weight excluding hydrogens is 457 g/mol. The number of hydrogen-bond donors (Lipinski definition) is 2. The average molecular weight is 486 g/mol. The van der Waals surface area contributed by atoms with Crippen molar-refractivity contribution in [1.29, 1.82) is 0 Å². The Bertz CT molecular complexity index is 1050. The predicted molar refractivity (Wildman–Crippen MR) is 131 cm³/mol. The van der Waals surface area contributed by atoms with Crippen molar-refractivity contribution in [2.45, 2.75) is 51.9 Å². The molecule has 2 aromatic rings. The van der Waals surface area contributed by atoms with Gasteiger partial charge >= 0.3 is 19.2 Å². The number of carbonyl (C=O) groups is 2. The molecule has 0 spiro atoms. The highest BCUT2D eigenvalue weighted by molar-refractivity contribution is 6.56. The number of rotatable bonds is 8. The minimum Gasteiger partial charge on any atom is -0.481 e. The lowest BCUT2D eigenvalue weighted by molar-refractivity contribution is -0.136. The van der Waals surface area contributed by atoms with Crippen LogP contribution in [0.4, 0.5) is 4.79 Å². The van der Waals surface area contributed by atoms with Crippen LogP contribution < -0.4 is 5.32 Å². The normalized spacial score (nSPS) is 16.9. The molecule has 7 nitrogen and oxygen atoms in total. The van der Waals surface area contributed by atoms with Gasteiger partial charge in [0.15, 0.2) is 0 Å². The molecule has 0 unspecified atom stereocenters. The van der Waals surface area contributed by atoms with Gasteiger partial charge in [0.1, 0.15) is 6.61 Å². The number of alkyl carbamates (subject to hydrolysis) is 1. The van der Waals surface area contributed by atoms with Crippen molar-refractivity contribution in [3.63, 3.8) is 0 Å². The lowest BCUT2D eigenvalue weighted by atomic mass is 9.76. The van der Waals surface area contributed by atoms with E-state index in [1.165, 1.54) is 0 Å². The largest absolute Gasteiger partial charge is 0.492 e. The fraction of sp³-hybridized carbons (Fsp3) is 0.360. The lowest BCUT2D eigenvalue weighted by Gasteiger charge is -2.32. The number of benzene rings is 2. The highest BCUT2D eigenvalue weighted by Crippen LogP contribution is 2.39. The van der Waals surface area contributed by atoms with Crippen LogP contribution in [0.15, 0.2) is 54.0 Å². The van der Waals surface area contributed by atoms with Gasteiger partial charge in [-0.05, 0) is 62.0 Å². The number of aliphatic carboxylic acids is 1. The number of carboxylic acids is 1. The Kier molecular flexibility index (Phi) is 8.07. The van der Waals surface area contributed by atoms with Gasteiger partial charge in [-0.3, -0.25) is 4.79 Å². The third kappa shape index (κ3) is 6.62. The van der Waals surface area contributed by atoms with Crippen molar-refractivity contribution in [3.8, 4) is 0 Å². The minimum atomic E-state index is -0.975. The summed E-state index contributed by atoms with van der Waals surface area (Å²) in [6.07, 6.45) is 0.984. The second-order valence-electron chi connectivity index (χ2n) is 9.14. The van der Waals surface area contributed by atoms with Gasteiger partial charge in [0.2, 0.25) is 0 Å². The van der Waals surface area contributed by atoms with E-state index in [-0.39, 0.29) is 19.6 Å². The number of nitrogens with one attached hydrogen (secondary N) is 1. The van der Waals surface area contributed by atoms with Crippen LogP contribution in [0.1, 0.15) is 44.4 Å². The number of carbonyl (C=O) groups excluding carboxylic acids is 1. The van der Waals surface area contributed by atoms with E-state index in [4.69, 9.17) is 25.6 Å². The van der Waals surface area contributed by atoms with E-state index in [1.807, 2.05) is 58.0 Å². The van der Waals surface area contributed by atoms with Crippen molar-refractivity contribution in [2.75, 3.05) is 6.54 Å². The summed E-state index contributed by atoms with van der Waals surface area (Å²) in [7, 11) is -0.743. The lowest BCUT2D eigenvalue weighted by Crippen LogP contribution is -2.41. The van der Waals surface area contributed by atoms with Crippen molar-refractivity contribution >= 4 is 36.9 Å². The molecule has 180 valence electrons. The SMILES string of the molecule is CC1(C)OB(C(=Cc2ccc(Cl)cc2CC(=O)O)CNC(=O)OCc2ccccc2)OC1(C)C. The van der Waals surface area contributed by atoms with E-state index in [2.05, 4.69) is 5.32 Å². The summed E-state index contributed by atoms with van der Waals surface area (Å²) in [6.45, 7) is 7.96. The molecule has 1 heterocycles. The number of amides is 1. The predicted octanol–water partition coefficient (Wildman–Crippen LogP) is 4.91. The summed E-state index contributed by atoms with van der Waals surface area (Å²) in [4.78, 5) is 23.7. The third-order valence-electron chi connectivity index (χ3n) is 5.99. The van der Waals surface area contributed by atoms with Gasteiger partial charge in [0, 0.05) is 11.6 Å². The Labute approximate surface area is 205 Å². The maximum atomic E-state index is 12.4. The number of ether oxygens (including phenoxy) is 1. The Morgan fingerprint density at radius 3 is 2.35 bits per heavy atom. The van der Waals surface area contributed by atoms with Crippen molar-refractivity contribution < 1.29 is 28.7 Å². The molecule has 0 aliphatic carbocycles. The first-order valence-corrected chi connectivity index (χ1v) is 11.4. The number of carboxylic acid groups (broad SMARTS) is 1. The zero-order valence-corrected chi connectivity index (χ0v) is 20.5. The van der Waals surface area contributed by atoms with E-state index in [9.17, 15) is 14.7 Å². The molecule has 0 radical (unpaired) electrons. The molecule has 0 aromatic heterocycles. The molecule has 0 bridgehead atoms. The van der Waals surface area contributed by atoms with E-state index in [0.717, 1.165) is 5.56 Å². The summed E-state index contributed by atoms with van der Waals surface area (Å²) in [5, 5.41) is 12.5. The number of halogens is 1. The van der Waals surface area contributed by atoms with Gasteiger partial charge in [-0.2, -0.15) is 0 Å². The Morgan fingerprint density at radius 1 is 1.09 bits per heavy atom. The summed E-state index contributed by atoms with van der Waals surface area (Å²) in [5.74, 6) is -0.975. The van der Waals surface area contributed by atoms with Crippen molar-refractivity contribution in [2.24, 2.45) is 0 Å². The number of hydrogen-bond acceptors (Lipinski definition) is 5. The van der Waals surface area contributed by atoms with E-state index >= 15 is 0 Å². The monoisotopic (exact) mass is 485 g/mol. The minimum absolute atomic E-state index is 0.0829. The Hall–Kier alpha value is -2.81. The maximum absolute atomic E-state index is 12.4. The zero-order valence-electron chi connectivity index (χ0n) is 19.8. The first-order chi connectivity index (χ1) is 16.0. The second kappa shape index (κ2) is 10.6. The quantitative estimate of drug-likeness (QED) is 0.516. The molecule has 3 rings (SSSR count). The van der Waals surface area contributed by atoms with Crippen LogP contribution in [0.2, 0.25) is 5.02 Å². The molecule has 2 N–H and O–H groups in total. The Balaban J connectivity index is 1.82. The van der Waals surface area contributed by atoms with E-state index < -0.39 is 30.4 Å². The molecule has 1 aliphatic rings. The van der Waals surface area contributed by atoms with Gasteiger partial charge in [0.25, 0.3) is 0 Å². The maximum Gasteiger partial charge on any atom is 0.492 e. The van der Waals surface area contributed by atoms with Gasteiger partial charge in [-0.15, -0.1) is 0 Å². The molecule has 1 fully saturated rings. The molecular formula is C25H29BClNO6. The van der Waals surface area contributed by atoms with Gasteiger partial charge < -0.3 is 24.5 Å². The van der Waals surface area contributed by atoms with Crippen LogP contribution >= 0.6 is 11.6 Å². The molecule has 1 amide bonds. The average Bonchev–Trinajstić information content (AvgIpc) is 2.98. The van der Waals surface area contributed by atoms with Crippen LogP contribution in [-0.4, -0.2) is 42.0 Å². The molecule has 1 saturated heterocycles. The summed E-state index contributed by atoms with van der Waals surface area (Å²) in [6, 6.07) is 14.4. The van der Waals surface area contributed by atoms with Crippen molar-refractivity contribution in [1.82, 2.24) is 5.32 Å². The van der Waals surface area contributed by atoms with Crippen LogP contribution in [0.5, 0.6) is 0 Å². The second-order valence-corrected chi connectivity index (χ2v) is 9.57. The van der Waals surface area contributed by atoms with Crippen LogP contribution in [0.3, 0.4) is 0 Å². The van der Waals surface area contributed by atoms with Gasteiger partial charge in [0.05, 0.1) is 17.6 Å². The van der Waals surface area contributed by atoms with Gasteiger partial charge in [-0.1, -0.05) is 54.1 Å². The van der Waals surface area contributed by atoms with Crippen molar-refractivity contribution in [3.05, 3.63) is 75.7 Å². The first-order valence-electron chi connectivity index (χ1n) is 11.0. The topological polar surface area (TPSA) is 94.1 Å². The summed E-state index contributed by atoms with van der Waals surface area (Å²) in [5.41, 5.74) is 1.50. The smallest absolute Gasteiger partial charge is 0.481 e. The van der Waals surface area contributed by atoms with Crippen LogP contribution in [0, 0.1) is 0 Å². The van der Waals surface area contributed by atoms with Gasteiger partial charge in [-0.25, -0.2) is 4.79 Å². The summed E-state index contributed by atoms with van der Waals surface area (Å²) < 4.78 is 17.7. The Morgan fingerprint density at radius 2 is 1.74 bits per heavy atom. The molecule has 0 saturated carbocycles. The fourth-order valence-corrected chi connectivity index (χ4v) is 3.57.